The molecule has 0 radical (unpaired) electrons. The Hall–Kier alpha value is -1.82. The lowest BCUT2D eigenvalue weighted by Crippen LogP contribution is -2.56. The van der Waals surface area contributed by atoms with Gasteiger partial charge in [0, 0.05) is 43.5 Å². The third-order valence-electron chi connectivity index (χ3n) is 5.69. The van der Waals surface area contributed by atoms with Crippen LogP contribution in [0.4, 0.5) is 4.79 Å². The van der Waals surface area contributed by atoms with Crippen molar-refractivity contribution in [3.8, 4) is 0 Å². The molecule has 25 heavy (non-hydrogen) atoms. The van der Waals surface area contributed by atoms with E-state index in [1.807, 2.05) is 6.07 Å². The van der Waals surface area contributed by atoms with Crippen LogP contribution in [-0.4, -0.2) is 47.2 Å². The molecule has 0 spiro atoms. The highest BCUT2D eigenvalue weighted by Gasteiger charge is 2.36. The van der Waals surface area contributed by atoms with Gasteiger partial charge in [-0.15, -0.1) is 0 Å². The number of hydrogen-bond acceptors (Lipinski definition) is 3. The van der Waals surface area contributed by atoms with E-state index in [1.54, 1.807) is 22.9 Å². The molecule has 6 nitrogen and oxygen atoms in total. The Bertz CT molecular complexity index is 616. The van der Waals surface area contributed by atoms with E-state index in [4.69, 9.17) is 0 Å². The summed E-state index contributed by atoms with van der Waals surface area (Å²) in [5.74, 6) is 0. The van der Waals surface area contributed by atoms with Gasteiger partial charge in [0.05, 0.1) is 0 Å². The smallest absolute Gasteiger partial charge is 0.315 e. The maximum atomic E-state index is 12.1. The summed E-state index contributed by atoms with van der Waals surface area (Å²) in [5, 5.41) is 6.11. The normalized spacial score (nSPS) is 26.2. The summed E-state index contributed by atoms with van der Waals surface area (Å²) in [6.45, 7) is 1.34. The monoisotopic (exact) mass is 346 g/mol. The second kappa shape index (κ2) is 8.52. The topological polar surface area (TPSA) is 66.4 Å². The van der Waals surface area contributed by atoms with Crippen LogP contribution in [-0.2, 0) is 6.54 Å². The molecule has 1 aromatic heterocycles. The molecule has 2 aliphatic heterocycles. The van der Waals surface area contributed by atoms with Crippen LogP contribution in [0.2, 0.25) is 0 Å². The van der Waals surface area contributed by atoms with Gasteiger partial charge in [0.1, 0.15) is 0 Å². The molecule has 2 bridgehead atoms. The lowest BCUT2D eigenvalue weighted by atomic mass is 9.82. The van der Waals surface area contributed by atoms with E-state index in [1.165, 1.54) is 19.3 Å². The Morgan fingerprint density at radius 2 is 1.96 bits per heavy atom. The van der Waals surface area contributed by atoms with Gasteiger partial charge in [-0.3, -0.25) is 4.79 Å². The number of fused-ring (bicyclic) bond motifs is 2. The molecule has 138 valence electrons. The summed E-state index contributed by atoms with van der Waals surface area (Å²) in [6.07, 6.45) is 9.52. The van der Waals surface area contributed by atoms with Crippen molar-refractivity contribution in [1.82, 2.24) is 20.1 Å². The number of piperidine rings is 2. The van der Waals surface area contributed by atoms with Crippen molar-refractivity contribution in [2.75, 3.05) is 13.6 Å². The van der Waals surface area contributed by atoms with Gasteiger partial charge in [-0.25, -0.2) is 4.79 Å². The lowest BCUT2D eigenvalue weighted by molar-refractivity contribution is 0.0509. The van der Waals surface area contributed by atoms with Crippen LogP contribution in [0.15, 0.2) is 29.2 Å². The van der Waals surface area contributed by atoms with Gasteiger partial charge < -0.3 is 20.1 Å². The number of rotatable bonds is 6. The maximum Gasteiger partial charge on any atom is 0.315 e. The van der Waals surface area contributed by atoms with Crippen LogP contribution in [0.3, 0.4) is 0 Å². The lowest BCUT2D eigenvalue weighted by Gasteiger charge is -2.47. The molecule has 0 aliphatic carbocycles. The number of hydrogen-bond donors (Lipinski definition) is 2. The molecule has 2 amide bonds. The molecule has 2 atom stereocenters. The number of aromatic nitrogens is 1. The Kier molecular flexibility index (Phi) is 6.13. The molecular formula is C19H30N4O2. The summed E-state index contributed by atoms with van der Waals surface area (Å²) < 4.78 is 1.71. The Balaban J connectivity index is 1.32. The van der Waals surface area contributed by atoms with E-state index in [-0.39, 0.29) is 11.6 Å². The molecule has 0 aromatic carbocycles. The van der Waals surface area contributed by atoms with E-state index < -0.39 is 0 Å². The van der Waals surface area contributed by atoms with Crippen molar-refractivity contribution in [2.45, 2.75) is 69.6 Å². The molecule has 6 heteroatoms. The molecule has 1 aromatic rings. The van der Waals surface area contributed by atoms with Crippen molar-refractivity contribution >= 4 is 6.03 Å². The van der Waals surface area contributed by atoms with Gasteiger partial charge >= 0.3 is 6.03 Å². The molecule has 2 saturated heterocycles. The number of unbranched alkanes of at least 4 members (excludes halogenated alkanes) is 1. The fourth-order valence-corrected chi connectivity index (χ4v) is 4.22. The van der Waals surface area contributed by atoms with Crippen LogP contribution in [0.25, 0.3) is 0 Å². The van der Waals surface area contributed by atoms with E-state index >= 15 is 0 Å². The molecule has 2 unspecified atom stereocenters. The second-order valence-electron chi connectivity index (χ2n) is 7.41. The number of carbonyl (C=O) groups is 1. The maximum absolute atomic E-state index is 12.1. The van der Waals surface area contributed by atoms with E-state index in [9.17, 15) is 9.59 Å². The molecule has 2 aliphatic rings. The van der Waals surface area contributed by atoms with Crippen LogP contribution in [0.1, 0.15) is 44.9 Å². The van der Waals surface area contributed by atoms with Crippen molar-refractivity contribution in [2.24, 2.45) is 0 Å². The number of nitrogens with zero attached hydrogens (tertiary/aromatic N) is 2. The average molecular weight is 346 g/mol. The summed E-state index contributed by atoms with van der Waals surface area (Å²) >= 11 is 0. The number of nitrogens with one attached hydrogen (secondary N) is 2. The average Bonchev–Trinajstić information content (AvgIpc) is 2.57. The summed E-state index contributed by atoms with van der Waals surface area (Å²) in [6, 6.07) is 6.69. The Morgan fingerprint density at radius 1 is 1.20 bits per heavy atom. The fourth-order valence-electron chi connectivity index (χ4n) is 4.22. The highest BCUT2D eigenvalue weighted by atomic mass is 16.2. The Morgan fingerprint density at radius 3 is 2.68 bits per heavy atom. The van der Waals surface area contributed by atoms with E-state index in [0.29, 0.717) is 31.2 Å². The Labute approximate surface area is 149 Å². The van der Waals surface area contributed by atoms with E-state index in [0.717, 1.165) is 25.7 Å². The van der Waals surface area contributed by atoms with Crippen molar-refractivity contribution in [1.29, 1.82) is 0 Å². The zero-order valence-corrected chi connectivity index (χ0v) is 15.1. The molecule has 3 rings (SSSR count). The quantitative estimate of drug-likeness (QED) is 0.774. The van der Waals surface area contributed by atoms with Gasteiger partial charge in [-0.2, -0.15) is 0 Å². The second-order valence-corrected chi connectivity index (χ2v) is 7.41. The zero-order chi connectivity index (χ0) is 17.6. The third kappa shape index (κ3) is 4.84. The SMILES string of the molecule is CN1C2CCCC1CC(NC(=O)NCCCCn1ccccc1=O)C2. The van der Waals surface area contributed by atoms with Gasteiger partial charge in [-0.05, 0) is 51.6 Å². The van der Waals surface area contributed by atoms with Crippen molar-refractivity contribution in [3.05, 3.63) is 34.7 Å². The number of urea groups is 1. The first kappa shape index (κ1) is 18.0. The number of carbonyl (C=O) groups excluding carboxylic acids is 1. The summed E-state index contributed by atoms with van der Waals surface area (Å²) in [7, 11) is 2.23. The zero-order valence-electron chi connectivity index (χ0n) is 15.1. The number of amides is 2. The highest BCUT2D eigenvalue weighted by molar-refractivity contribution is 5.74. The van der Waals surface area contributed by atoms with Gasteiger partial charge in [-0.1, -0.05) is 12.5 Å². The fraction of sp³-hybridized carbons (Fsp3) is 0.684. The minimum atomic E-state index is -0.0514. The van der Waals surface area contributed by atoms with Crippen molar-refractivity contribution < 1.29 is 4.79 Å². The first-order valence-electron chi connectivity index (χ1n) is 9.55. The molecule has 2 fully saturated rings. The van der Waals surface area contributed by atoms with Crippen LogP contribution < -0.4 is 16.2 Å². The van der Waals surface area contributed by atoms with Gasteiger partial charge in [0.25, 0.3) is 0 Å². The minimum absolute atomic E-state index is 0.0287. The van der Waals surface area contributed by atoms with Gasteiger partial charge in [0.2, 0.25) is 5.56 Å². The molecule has 3 heterocycles. The largest absolute Gasteiger partial charge is 0.338 e. The minimum Gasteiger partial charge on any atom is -0.338 e. The highest BCUT2D eigenvalue weighted by Crippen LogP contribution is 2.32. The standard InChI is InChI=1S/C19H30N4O2/c1-22-16-7-6-8-17(22)14-15(13-16)21-19(25)20-10-3-5-12-23-11-4-2-9-18(23)24/h2,4,9,11,15-17H,3,5-8,10,12-14H2,1H3,(H2,20,21,25). The number of pyridine rings is 1. The van der Waals surface area contributed by atoms with Crippen LogP contribution in [0, 0.1) is 0 Å². The molecule has 2 N–H and O–H groups in total. The van der Waals surface area contributed by atoms with Crippen LogP contribution in [0.5, 0.6) is 0 Å². The van der Waals surface area contributed by atoms with E-state index in [2.05, 4.69) is 22.6 Å². The molecule has 0 saturated carbocycles. The van der Waals surface area contributed by atoms with Crippen LogP contribution >= 0.6 is 0 Å². The third-order valence-corrected chi connectivity index (χ3v) is 5.69. The van der Waals surface area contributed by atoms with Gasteiger partial charge in [0.15, 0.2) is 0 Å². The first-order valence-corrected chi connectivity index (χ1v) is 9.55. The molecular weight excluding hydrogens is 316 g/mol. The predicted octanol–water partition coefficient (Wildman–Crippen LogP) is 1.94. The summed E-state index contributed by atoms with van der Waals surface area (Å²) in [4.78, 5) is 26.2. The number of aryl methyl sites for hydroxylation is 1. The predicted molar refractivity (Wildman–Crippen MR) is 98.7 cm³/mol. The first-order chi connectivity index (χ1) is 12.1. The van der Waals surface area contributed by atoms with Crippen molar-refractivity contribution in [3.63, 3.8) is 0 Å². The summed E-state index contributed by atoms with van der Waals surface area (Å²) in [5.41, 5.74) is 0.0287.